The third kappa shape index (κ3) is 2.15. The summed E-state index contributed by atoms with van der Waals surface area (Å²) in [6, 6.07) is 7.98. The van der Waals surface area contributed by atoms with Gasteiger partial charge in [-0.3, -0.25) is 9.63 Å². The number of hydrogen-bond acceptors (Lipinski definition) is 6. The minimum absolute atomic E-state index is 0.164. The minimum atomic E-state index is -0.646. The number of fused-ring (bicyclic) bond motifs is 2. The van der Waals surface area contributed by atoms with Crippen molar-refractivity contribution < 1.29 is 19.2 Å². The number of azo groups is 1. The molecule has 0 N–H and O–H groups in total. The predicted molar refractivity (Wildman–Crippen MR) is 78.4 cm³/mol. The van der Waals surface area contributed by atoms with Crippen molar-refractivity contribution in [1.82, 2.24) is 5.06 Å². The van der Waals surface area contributed by atoms with Gasteiger partial charge in [0.25, 0.3) is 5.91 Å². The maximum absolute atomic E-state index is 12.7. The zero-order valence-electron chi connectivity index (χ0n) is 12.7. The van der Waals surface area contributed by atoms with Crippen molar-refractivity contribution in [3.8, 4) is 0 Å². The van der Waals surface area contributed by atoms with Crippen LogP contribution in [-0.4, -0.2) is 48.3 Å². The fourth-order valence-electron chi connectivity index (χ4n) is 3.79. The lowest BCUT2D eigenvalue weighted by Gasteiger charge is -2.50. The highest BCUT2D eigenvalue weighted by Crippen LogP contribution is 2.45. The number of rotatable bonds is 2. The average molecular weight is 315 g/mol. The molecule has 120 valence electrons. The second kappa shape index (κ2) is 5.42. The molecule has 3 aliphatic heterocycles. The summed E-state index contributed by atoms with van der Waals surface area (Å²) in [5.41, 5.74) is 0.568. The molecule has 5 atom stereocenters. The van der Waals surface area contributed by atoms with Crippen LogP contribution in [0.3, 0.4) is 0 Å². The van der Waals surface area contributed by atoms with Crippen LogP contribution >= 0.6 is 0 Å². The molecule has 23 heavy (non-hydrogen) atoms. The summed E-state index contributed by atoms with van der Waals surface area (Å²) in [4.78, 5) is 30.6. The van der Waals surface area contributed by atoms with Gasteiger partial charge in [0.05, 0.1) is 13.2 Å². The van der Waals surface area contributed by atoms with Crippen molar-refractivity contribution in [2.75, 3.05) is 7.11 Å². The first-order valence-electron chi connectivity index (χ1n) is 7.74. The van der Waals surface area contributed by atoms with E-state index in [1.54, 1.807) is 12.1 Å². The second-order valence-electron chi connectivity index (χ2n) is 6.05. The van der Waals surface area contributed by atoms with Gasteiger partial charge in [0, 0.05) is 11.5 Å². The molecule has 3 heterocycles. The first-order chi connectivity index (χ1) is 11.2. The molecule has 2 saturated heterocycles. The van der Waals surface area contributed by atoms with Gasteiger partial charge in [-0.05, 0) is 25.0 Å². The molecule has 1 aromatic carbocycles. The van der Waals surface area contributed by atoms with E-state index < -0.39 is 12.0 Å². The lowest BCUT2D eigenvalue weighted by Crippen LogP contribution is -2.63. The standard InChI is InChI=1S/C16H17N3O4/c1-22-16(21)14-12-10-7-8-11(13(12)17-18-14)23-19(10)15(20)9-5-3-2-4-6-9/h2-6,10-14H,7-8H2,1H3/t10-,11+,12+,13-,14-/m1/s1. The Hall–Kier alpha value is -2.28. The molecule has 4 aliphatic rings. The quantitative estimate of drug-likeness (QED) is 0.776. The van der Waals surface area contributed by atoms with Gasteiger partial charge in [0.15, 0.2) is 6.04 Å². The summed E-state index contributed by atoms with van der Waals surface area (Å²) in [6.45, 7) is 0. The maximum Gasteiger partial charge on any atom is 0.332 e. The van der Waals surface area contributed by atoms with Gasteiger partial charge >= 0.3 is 5.97 Å². The number of nitrogens with zero attached hydrogens (tertiary/aromatic N) is 3. The zero-order chi connectivity index (χ0) is 16.0. The van der Waals surface area contributed by atoms with Crippen molar-refractivity contribution in [2.24, 2.45) is 16.1 Å². The Morgan fingerprint density at radius 3 is 2.74 bits per heavy atom. The van der Waals surface area contributed by atoms with Gasteiger partial charge in [-0.2, -0.15) is 10.2 Å². The number of hydrogen-bond donors (Lipinski definition) is 0. The van der Waals surface area contributed by atoms with Crippen LogP contribution in [0.15, 0.2) is 40.6 Å². The number of esters is 1. The Labute approximate surface area is 133 Å². The molecule has 0 aromatic heterocycles. The number of benzene rings is 1. The first-order valence-corrected chi connectivity index (χ1v) is 7.74. The third-order valence-corrected chi connectivity index (χ3v) is 4.87. The van der Waals surface area contributed by atoms with Gasteiger partial charge < -0.3 is 4.74 Å². The van der Waals surface area contributed by atoms with Crippen molar-refractivity contribution in [3.63, 3.8) is 0 Å². The Morgan fingerprint density at radius 2 is 2.00 bits per heavy atom. The summed E-state index contributed by atoms with van der Waals surface area (Å²) in [6.07, 6.45) is 1.39. The van der Waals surface area contributed by atoms with Crippen molar-refractivity contribution in [3.05, 3.63) is 35.9 Å². The van der Waals surface area contributed by atoms with E-state index in [4.69, 9.17) is 9.57 Å². The second-order valence-corrected chi connectivity index (χ2v) is 6.05. The highest BCUT2D eigenvalue weighted by Gasteiger charge is 2.58. The van der Waals surface area contributed by atoms with Crippen LogP contribution in [0, 0.1) is 5.92 Å². The largest absolute Gasteiger partial charge is 0.467 e. The van der Waals surface area contributed by atoms with E-state index in [2.05, 4.69) is 10.2 Å². The molecule has 5 rings (SSSR count). The molecule has 3 fully saturated rings. The van der Waals surface area contributed by atoms with Gasteiger partial charge in [-0.1, -0.05) is 18.2 Å². The normalized spacial score (nSPS) is 34.3. The molecule has 1 amide bonds. The van der Waals surface area contributed by atoms with E-state index in [-0.39, 0.29) is 30.0 Å². The van der Waals surface area contributed by atoms with Crippen LogP contribution in [0.5, 0.6) is 0 Å². The predicted octanol–water partition coefficient (Wildman–Crippen LogP) is 1.60. The summed E-state index contributed by atoms with van der Waals surface area (Å²) in [5.74, 6) is -0.752. The molecule has 0 unspecified atom stereocenters. The van der Waals surface area contributed by atoms with Gasteiger partial charge in [-0.15, -0.1) is 0 Å². The SMILES string of the molecule is COC(=O)[C@@H]1N=N[C@H]2[C@@H]1[C@H]1CC[C@@H]2ON1C(=O)c1ccccc1. The van der Waals surface area contributed by atoms with Crippen LogP contribution in [0.2, 0.25) is 0 Å². The topological polar surface area (TPSA) is 80.6 Å². The minimum Gasteiger partial charge on any atom is -0.467 e. The number of carbonyl (C=O) groups is 2. The fraction of sp³-hybridized carbons (Fsp3) is 0.500. The lowest BCUT2D eigenvalue weighted by atomic mass is 9.74. The van der Waals surface area contributed by atoms with Gasteiger partial charge in [0.1, 0.15) is 12.1 Å². The number of amides is 1. The van der Waals surface area contributed by atoms with Crippen LogP contribution in [0.4, 0.5) is 0 Å². The third-order valence-electron chi connectivity index (χ3n) is 4.87. The van der Waals surface area contributed by atoms with Crippen molar-refractivity contribution in [2.45, 2.75) is 37.1 Å². The highest BCUT2D eigenvalue weighted by atomic mass is 16.7. The summed E-state index contributed by atoms with van der Waals surface area (Å²) in [5, 5.41) is 9.74. The van der Waals surface area contributed by atoms with E-state index in [0.29, 0.717) is 5.56 Å². The van der Waals surface area contributed by atoms with E-state index in [1.165, 1.54) is 12.2 Å². The molecular formula is C16H17N3O4. The van der Waals surface area contributed by atoms with Crippen LogP contribution in [-0.2, 0) is 14.4 Å². The highest BCUT2D eigenvalue weighted by molar-refractivity contribution is 5.94. The molecule has 1 saturated carbocycles. The van der Waals surface area contributed by atoms with E-state index in [0.717, 1.165) is 12.8 Å². The molecule has 0 spiro atoms. The van der Waals surface area contributed by atoms with Gasteiger partial charge in [-0.25, -0.2) is 9.86 Å². The molecule has 7 nitrogen and oxygen atoms in total. The Balaban J connectivity index is 1.63. The maximum atomic E-state index is 12.7. The Morgan fingerprint density at radius 1 is 1.22 bits per heavy atom. The van der Waals surface area contributed by atoms with E-state index in [9.17, 15) is 9.59 Å². The first kappa shape index (κ1) is 14.3. The zero-order valence-corrected chi connectivity index (χ0v) is 12.7. The molecule has 1 aliphatic carbocycles. The Bertz CT molecular complexity index is 663. The van der Waals surface area contributed by atoms with Crippen molar-refractivity contribution in [1.29, 1.82) is 0 Å². The van der Waals surface area contributed by atoms with Crippen LogP contribution in [0.1, 0.15) is 23.2 Å². The number of hydroxylamine groups is 2. The lowest BCUT2D eigenvalue weighted by molar-refractivity contribution is -0.264. The number of methoxy groups -OCH3 is 1. The summed E-state index contributed by atoms with van der Waals surface area (Å²) >= 11 is 0. The van der Waals surface area contributed by atoms with Crippen molar-refractivity contribution >= 4 is 11.9 Å². The molecule has 0 radical (unpaired) electrons. The Kier molecular flexibility index (Phi) is 3.37. The molecule has 2 bridgehead atoms. The number of carbonyl (C=O) groups excluding carboxylic acids is 2. The van der Waals surface area contributed by atoms with Crippen LogP contribution < -0.4 is 0 Å². The smallest absolute Gasteiger partial charge is 0.332 e. The van der Waals surface area contributed by atoms with Gasteiger partial charge in [0.2, 0.25) is 0 Å². The monoisotopic (exact) mass is 315 g/mol. The van der Waals surface area contributed by atoms with E-state index in [1.807, 2.05) is 18.2 Å². The average Bonchev–Trinajstić information content (AvgIpc) is 3.08. The van der Waals surface area contributed by atoms with E-state index >= 15 is 0 Å². The molecule has 1 aromatic rings. The van der Waals surface area contributed by atoms with Crippen LogP contribution in [0.25, 0.3) is 0 Å². The number of ether oxygens (including phenoxy) is 1. The molecule has 7 heteroatoms. The molecular weight excluding hydrogens is 298 g/mol. The summed E-state index contributed by atoms with van der Waals surface area (Å²) in [7, 11) is 1.34. The fourth-order valence-corrected chi connectivity index (χ4v) is 3.79. The summed E-state index contributed by atoms with van der Waals surface area (Å²) < 4.78 is 4.83.